The molecule has 4 heteroatoms. The van der Waals surface area contributed by atoms with Gasteiger partial charge in [-0.2, -0.15) is 0 Å². The second-order valence-corrected chi connectivity index (χ2v) is 5.85. The van der Waals surface area contributed by atoms with E-state index in [-0.39, 0.29) is 5.91 Å². The molecule has 4 nitrogen and oxygen atoms in total. The minimum absolute atomic E-state index is 0.239. The van der Waals surface area contributed by atoms with Gasteiger partial charge in [-0.05, 0) is 58.3 Å². The third-order valence-electron chi connectivity index (χ3n) is 4.33. The summed E-state index contributed by atoms with van der Waals surface area (Å²) in [5.74, 6) is 0.783. The van der Waals surface area contributed by atoms with Gasteiger partial charge in [-0.3, -0.25) is 4.79 Å². The Balaban J connectivity index is 1.64. The quantitative estimate of drug-likeness (QED) is 0.785. The molecule has 2 rings (SSSR count). The van der Waals surface area contributed by atoms with E-state index in [1.54, 1.807) is 0 Å². The fourth-order valence-corrected chi connectivity index (χ4v) is 3.07. The fourth-order valence-electron chi connectivity index (χ4n) is 3.07. The van der Waals surface area contributed by atoms with Crippen molar-refractivity contribution in [2.75, 3.05) is 33.2 Å². The minimum Gasteiger partial charge on any atom is -0.355 e. The number of likely N-dealkylation sites (tertiary alicyclic amines) is 1. The summed E-state index contributed by atoms with van der Waals surface area (Å²) in [5.41, 5.74) is 0. The van der Waals surface area contributed by atoms with E-state index in [0.29, 0.717) is 18.4 Å². The van der Waals surface area contributed by atoms with Gasteiger partial charge >= 0.3 is 0 Å². The molecule has 0 saturated carbocycles. The van der Waals surface area contributed by atoms with Crippen LogP contribution in [0.5, 0.6) is 0 Å². The van der Waals surface area contributed by atoms with Crippen LogP contribution in [0.25, 0.3) is 0 Å². The Morgan fingerprint density at radius 3 is 2.94 bits per heavy atom. The molecule has 2 atom stereocenters. The highest BCUT2D eigenvalue weighted by Gasteiger charge is 2.21. The molecule has 2 heterocycles. The molecule has 2 aliphatic rings. The smallest absolute Gasteiger partial charge is 0.220 e. The maximum Gasteiger partial charge on any atom is 0.220 e. The third-order valence-corrected chi connectivity index (χ3v) is 4.33. The maximum absolute atomic E-state index is 11.9. The number of hydrogen-bond donors (Lipinski definition) is 2. The topological polar surface area (TPSA) is 44.4 Å². The first-order valence-corrected chi connectivity index (χ1v) is 7.43. The van der Waals surface area contributed by atoms with Crippen molar-refractivity contribution in [1.29, 1.82) is 0 Å². The highest BCUT2D eigenvalue weighted by atomic mass is 16.1. The Morgan fingerprint density at radius 2 is 2.22 bits per heavy atom. The monoisotopic (exact) mass is 253 g/mol. The zero-order chi connectivity index (χ0) is 12.8. The molecule has 2 aliphatic heterocycles. The van der Waals surface area contributed by atoms with E-state index < -0.39 is 0 Å². The van der Waals surface area contributed by atoms with Gasteiger partial charge in [0.2, 0.25) is 5.91 Å². The molecule has 2 saturated heterocycles. The number of carbonyl (C=O) groups is 1. The van der Waals surface area contributed by atoms with Gasteiger partial charge < -0.3 is 15.5 Å². The number of piperidine rings is 2. The van der Waals surface area contributed by atoms with Gasteiger partial charge in [0.15, 0.2) is 0 Å². The molecule has 0 radical (unpaired) electrons. The van der Waals surface area contributed by atoms with Crippen molar-refractivity contribution in [2.45, 2.75) is 44.6 Å². The van der Waals surface area contributed by atoms with Crippen LogP contribution in [0, 0.1) is 5.92 Å². The highest BCUT2D eigenvalue weighted by molar-refractivity contribution is 5.76. The first-order chi connectivity index (χ1) is 8.75. The molecule has 0 aromatic heterocycles. The Hall–Kier alpha value is -0.610. The molecule has 0 aromatic rings. The zero-order valence-corrected chi connectivity index (χ0v) is 11.6. The average Bonchev–Trinajstić information content (AvgIpc) is 2.39. The van der Waals surface area contributed by atoms with E-state index in [9.17, 15) is 4.79 Å². The molecule has 0 aromatic carbocycles. The first kappa shape index (κ1) is 13.8. The van der Waals surface area contributed by atoms with Crippen LogP contribution >= 0.6 is 0 Å². The van der Waals surface area contributed by atoms with Crippen molar-refractivity contribution in [3.8, 4) is 0 Å². The van der Waals surface area contributed by atoms with E-state index in [4.69, 9.17) is 0 Å². The second kappa shape index (κ2) is 7.10. The summed E-state index contributed by atoms with van der Waals surface area (Å²) in [6, 6.07) is 0.548. The molecule has 2 fully saturated rings. The molecule has 2 N–H and O–H groups in total. The third kappa shape index (κ3) is 4.25. The lowest BCUT2D eigenvalue weighted by atomic mass is 9.96. The molecular weight excluding hydrogens is 226 g/mol. The summed E-state index contributed by atoms with van der Waals surface area (Å²) < 4.78 is 0. The van der Waals surface area contributed by atoms with Gasteiger partial charge in [-0.15, -0.1) is 0 Å². The van der Waals surface area contributed by atoms with E-state index in [1.807, 2.05) is 0 Å². The van der Waals surface area contributed by atoms with Gasteiger partial charge in [-0.1, -0.05) is 6.42 Å². The van der Waals surface area contributed by atoms with E-state index >= 15 is 0 Å². The lowest BCUT2D eigenvalue weighted by molar-refractivity contribution is -0.122. The molecule has 0 aliphatic carbocycles. The maximum atomic E-state index is 11.9. The summed E-state index contributed by atoms with van der Waals surface area (Å²) in [5, 5.41) is 6.49. The normalized spacial score (nSPS) is 30.1. The second-order valence-electron chi connectivity index (χ2n) is 5.85. The number of carbonyl (C=O) groups excluding carboxylic acids is 1. The molecule has 18 heavy (non-hydrogen) atoms. The van der Waals surface area contributed by atoms with Crippen LogP contribution in [-0.4, -0.2) is 50.1 Å². The van der Waals surface area contributed by atoms with E-state index in [1.165, 1.54) is 38.6 Å². The van der Waals surface area contributed by atoms with Crippen LogP contribution < -0.4 is 10.6 Å². The van der Waals surface area contributed by atoms with Gasteiger partial charge in [0.1, 0.15) is 0 Å². The largest absolute Gasteiger partial charge is 0.355 e. The van der Waals surface area contributed by atoms with Crippen LogP contribution in [0.4, 0.5) is 0 Å². The van der Waals surface area contributed by atoms with Gasteiger partial charge in [-0.25, -0.2) is 0 Å². The average molecular weight is 253 g/mol. The molecule has 0 bridgehead atoms. The molecule has 0 spiro atoms. The predicted molar refractivity (Wildman–Crippen MR) is 73.5 cm³/mol. The summed E-state index contributed by atoms with van der Waals surface area (Å²) in [7, 11) is 2.17. The van der Waals surface area contributed by atoms with Gasteiger partial charge in [0.25, 0.3) is 0 Å². The fraction of sp³-hybridized carbons (Fsp3) is 0.929. The van der Waals surface area contributed by atoms with E-state index in [2.05, 4.69) is 22.6 Å². The number of rotatable bonds is 4. The van der Waals surface area contributed by atoms with E-state index in [0.717, 1.165) is 19.6 Å². The van der Waals surface area contributed by atoms with Crippen molar-refractivity contribution < 1.29 is 4.79 Å². The predicted octanol–water partition coefficient (Wildman–Crippen LogP) is 0.977. The summed E-state index contributed by atoms with van der Waals surface area (Å²) in [6.07, 6.45) is 6.93. The Labute approximate surface area is 110 Å². The van der Waals surface area contributed by atoms with Crippen molar-refractivity contribution in [3.63, 3.8) is 0 Å². The number of nitrogens with one attached hydrogen (secondary N) is 2. The Bertz CT molecular complexity index is 264. The van der Waals surface area contributed by atoms with Gasteiger partial charge in [0.05, 0.1) is 0 Å². The van der Waals surface area contributed by atoms with Crippen LogP contribution in [0.3, 0.4) is 0 Å². The molecular formula is C14H27N3O. The number of nitrogens with zero attached hydrogens (tertiary/aromatic N) is 1. The summed E-state index contributed by atoms with van der Waals surface area (Å²) in [4.78, 5) is 14.3. The molecule has 2 unspecified atom stereocenters. The standard InChI is InChI=1S/C14H27N3O/c1-17-8-3-2-6-13(17)11-16-14(18)9-12-5-4-7-15-10-12/h12-13,15H,2-11H2,1H3,(H,16,18). The Morgan fingerprint density at radius 1 is 1.33 bits per heavy atom. The first-order valence-electron chi connectivity index (χ1n) is 7.43. The van der Waals surface area contributed by atoms with Crippen LogP contribution in [0.15, 0.2) is 0 Å². The summed E-state index contributed by atoms with van der Waals surface area (Å²) >= 11 is 0. The van der Waals surface area contributed by atoms with Gasteiger partial charge in [0, 0.05) is 19.0 Å². The highest BCUT2D eigenvalue weighted by Crippen LogP contribution is 2.15. The van der Waals surface area contributed by atoms with Crippen LogP contribution in [-0.2, 0) is 4.79 Å². The lowest BCUT2D eigenvalue weighted by Gasteiger charge is -2.32. The van der Waals surface area contributed by atoms with Crippen molar-refractivity contribution in [2.24, 2.45) is 5.92 Å². The Kier molecular flexibility index (Phi) is 5.45. The number of amides is 1. The van der Waals surface area contributed by atoms with Crippen molar-refractivity contribution >= 4 is 5.91 Å². The summed E-state index contributed by atoms with van der Waals surface area (Å²) in [6.45, 7) is 4.13. The van der Waals surface area contributed by atoms with Crippen LogP contribution in [0.1, 0.15) is 38.5 Å². The molecule has 104 valence electrons. The minimum atomic E-state index is 0.239. The SMILES string of the molecule is CN1CCCCC1CNC(=O)CC1CCCNC1. The van der Waals surface area contributed by atoms with Crippen molar-refractivity contribution in [3.05, 3.63) is 0 Å². The van der Waals surface area contributed by atoms with Crippen LogP contribution in [0.2, 0.25) is 0 Å². The van der Waals surface area contributed by atoms with Crippen molar-refractivity contribution in [1.82, 2.24) is 15.5 Å². The molecule has 1 amide bonds. The number of hydrogen-bond acceptors (Lipinski definition) is 3. The zero-order valence-electron chi connectivity index (χ0n) is 11.6. The lowest BCUT2D eigenvalue weighted by Crippen LogP contribution is -2.45. The number of likely N-dealkylation sites (N-methyl/N-ethyl adjacent to an activating group) is 1.